The normalized spacial score (nSPS) is 17.4. The average Bonchev–Trinajstić information content (AvgIpc) is 3.36. The summed E-state index contributed by atoms with van der Waals surface area (Å²) in [6, 6.07) is 8.95. The highest BCUT2D eigenvalue weighted by atomic mass is 16.3. The number of hydrogen-bond donors (Lipinski definition) is 2. The van der Waals surface area contributed by atoms with Crippen LogP contribution in [0.2, 0.25) is 0 Å². The minimum absolute atomic E-state index is 0.553. The molecule has 1 fully saturated rings. The number of benzene rings is 1. The van der Waals surface area contributed by atoms with Gasteiger partial charge in [0.15, 0.2) is 0 Å². The highest BCUT2D eigenvalue weighted by molar-refractivity contribution is 5.49. The molecule has 5 nitrogen and oxygen atoms in total. The minimum Gasteiger partial charge on any atom is -0.386 e. The number of anilines is 2. The molecule has 4 rings (SSSR count). The van der Waals surface area contributed by atoms with E-state index < -0.39 is 5.60 Å². The molecule has 1 aromatic heterocycles. The van der Waals surface area contributed by atoms with Crippen molar-refractivity contribution >= 4 is 11.8 Å². The molecule has 1 aliphatic heterocycles. The van der Waals surface area contributed by atoms with Crippen LogP contribution in [-0.4, -0.2) is 27.7 Å². The van der Waals surface area contributed by atoms with Crippen LogP contribution in [0.5, 0.6) is 0 Å². The van der Waals surface area contributed by atoms with E-state index in [0.29, 0.717) is 6.04 Å². The van der Waals surface area contributed by atoms with E-state index in [1.54, 1.807) is 0 Å². The molecule has 0 radical (unpaired) electrons. The number of rotatable bonds is 4. The van der Waals surface area contributed by atoms with E-state index in [1.807, 2.05) is 26.8 Å². The molecule has 25 heavy (non-hydrogen) atoms. The van der Waals surface area contributed by atoms with Crippen molar-refractivity contribution in [3.63, 3.8) is 0 Å². The third-order valence-corrected chi connectivity index (χ3v) is 5.00. The van der Waals surface area contributed by atoms with Crippen LogP contribution in [0.15, 0.2) is 24.3 Å². The maximum Gasteiger partial charge on any atom is 0.225 e. The number of aryl methyl sites for hydroxylation is 1. The van der Waals surface area contributed by atoms with Crippen molar-refractivity contribution in [1.29, 1.82) is 0 Å². The third kappa shape index (κ3) is 3.61. The van der Waals surface area contributed by atoms with E-state index in [4.69, 9.17) is 4.98 Å². The Labute approximate surface area is 149 Å². The van der Waals surface area contributed by atoms with Gasteiger partial charge in [0.05, 0.1) is 5.60 Å². The Morgan fingerprint density at radius 2 is 1.96 bits per heavy atom. The summed E-state index contributed by atoms with van der Waals surface area (Å²) < 4.78 is 0. The molecule has 0 unspecified atom stereocenters. The van der Waals surface area contributed by atoms with Crippen molar-refractivity contribution in [2.24, 2.45) is 0 Å². The van der Waals surface area contributed by atoms with Crippen LogP contribution in [0.3, 0.4) is 0 Å². The van der Waals surface area contributed by atoms with E-state index in [2.05, 4.69) is 33.4 Å². The van der Waals surface area contributed by atoms with E-state index in [1.165, 1.54) is 24.0 Å². The summed E-state index contributed by atoms with van der Waals surface area (Å²) in [5.41, 5.74) is 3.83. The molecule has 2 aromatic rings. The van der Waals surface area contributed by atoms with Crippen LogP contribution in [0.4, 0.5) is 11.8 Å². The molecule has 2 heterocycles. The summed E-state index contributed by atoms with van der Waals surface area (Å²) in [5.74, 6) is 1.74. The monoisotopic (exact) mass is 338 g/mol. The van der Waals surface area contributed by atoms with Gasteiger partial charge in [-0.3, -0.25) is 0 Å². The fraction of sp³-hybridized carbons (Fsp3) is 0.500. The average molecular weight is 338 g/mol. The van der Waals surface area contributed by atoms with Gasteiger partial charge in [-0.1, -0.05) is 18.2 Å². The third-order valence-electron chi connectivity index (χ3n) is 5.00. The molecule has 1 aromatic carbocycles. The summed E-state index contributed by atoms with van der Waals surface area (Å²) in [6.07, 6.45) is 3.40. The van der Waals surface area contributed by atoms with Gasteiger partial charge in [-0.2, -0.15) is 4.98 Å². The Hall–Kier alpha value is -2.14. The summed E-state index contributed by atoms with van der Waals surface area (Å²) in [5, 5.41) is 13.6. The lowest BCUT2D eigenvalue weighted by atomic mass is 9.91. The van der Waals surface area contributed by atoms with Gasteiger partial charge in [-0.15, -0.1) is 0 Å². The van der Waals surface area contributed by atoms with E-state index >= 15 is 0 Å². The molecule has 0 spiro atoms. The quantitative estimate of drug-likeness (QED) is 0.897. The Bertz CT molecular complexity index is 793. The molecular formula is C20H26N4O. The first-order chi connectivity index (χ1) is 11.9. The molecule has 1 aliphatic carbocycles. The van der Waals surface area contributed by atoms with Gasteiger partial charge in [0.1, 0.15) is 5.82 Å². The predicted molar refractivity (Wildman–Crippen MR) is 99.9 cm³/mol. The van der Waals surface area contributed by atoms with Gasteiger partial charge in [0.2, 0.25) is 5.95 Å². The summed E-state index contributed by atoms with van der Waals surface area (Å²) in [6.45, 7) is 7.48. The number of fused-ring (bicyclic) bond motifs is 1. The Morgan fingerprint density at radius 3 is 2.68 bits per heavy atom. The standard InChI is InChI=1S/C20H26N4O/c1-13-10-18(23-19(21-13)22-17-6-7-17)24-9-8-14-11-16(20(2,3)25)5-4-15(14)12-24/h4-5,10-11,17,25H,6-9,12H2,1-3H3,(H,21,22,23). The molecule has 0 saturated heterocycles. The Kier molecular flexibility index (Phi) is 3.91. The second-order valence-electron chi connectivity index (χ2n) is 7.82. The lowest BCUT2D eigenvalue weighted by Crippen LogP contribution is -2.32. The van der Waals surface area contributed by atoms with Crippen molar-refractivity contribution in [3.05, 3.63) is 46.6 Å². The first kappa shape index (κ1) is 16.3. The summed E-state index contributed by atoms with van der Waals surface area (Å²) in [4.78, 5) is 11.6. The second-order valence-corrected chi connectivity index (χ2v) is 7.82. The van der Waals surface area contributed by atoms with E-state index in [9.17, 15) is 5.11 Å². The highest BCUT2D eigenvalue weighted by Gasteiger charge is 2.24. The first-order valence-corrected chi connectivity index (χ1v) is 9.10. The predicted octanol–water partition coefficient (Wildman–Crippen LogP) is 3.15. The Balaban J connectivity index is 1.57. The van der Waals surface area contributed by atoms with E-state index in [-0.39, 0.29) is 0 Å². The van der Waals surface area contributed by atoms with Gasteiger partial charge in [-0.25, -0.2) is 4.98 Å². The first-order valence-electron chi connectivity index (χ1n) is 9.10. The van der Waals surface area contributed by atoms with Crippen molar-refractivity contribution in [3.8, 4) is 0 Å². The van der Waals surface area contributed by atoms with Crippen LogP contribution in [0.25, 0.3) is 0 Å². The molecule has 0 amide bonds. The largest absolute Gasteiger partial charge is 0.386 e. The zero-order valence-corrected chi connectivity index (χ0v) is 15.2. The fourth-order valence-electron chi connectivity index (χ4n) is 3.32. The number of aliphatic hydroxyl groups is 1. The number of aromatic nitrogens is 2. The molecule has 2 aliphatic rings. The van der Waals surface area contributed by atoms with Crippen molar-refractivity contribution in [2.75, 3.05) is 16.8 Å². The van der Waals surface area contributed by atoms with Gasteiger partial charge in [-0.05, 0) is 56.7 Å². The van der Waals surface area contributed by atoms with Crippen molar-refractivity contribution in [2.45, 2.75) is 58.2 Å². The lowest BCUT2D eigenvalue weighted by molar-refractivity contribution is 0.0785. The SMILES string of the molecule is Cc1cc(N2CCc3cc(C(C)(C)O)ccc3C2)nc(NC2CC2)n1. The number of nitrogens with zero attached hydrogens (tertiary/aromatic N) is 3. The number of nitrogens with one attached hydrogen (secondary N) is 1. The second kappa shape index (κ2) is 5.99. The van der Waals surface area contributed by atoms with Crippen LogP contribution in [-0.2, 0) is 18.6 Å². The van der Waals surface area contributed by atoms with Gasteiger partial charge < -0.3 is 15.3 Å². The zero-order valence-electron chi connectivity index (χ0n) is 15.2. The van der Waals surface area contributed by atoms with Gasteiger partial charge in [0, 0.05) is 30.9 Å². The number of hydrogen-bond acceptors (Lipinski definition) is 5. The molecule has 1 saturated carbocycles. The topological polar surface area (TPSA) is 61.3 Å². The molecule has 0 bridgehead atoms. The Morgan fingerprint density at radius 1 is 1.16 bits per heavy atom. The smallest absolute Gasteiger partial charge is 0.225 e. The maximum absolute atomic E-state index is 10.2. The molecule has 0 atom stereocenters. The van der Waals surface area contributed by atoms with Crippen molar-refractivity contribution in [1.82, 2.24) is 9.97 Å². The molecule has 2 N–H and O–H groups in total. The fourth-order valence-corrected chi connectivity index (χ4v) is 3.32. The summed E-state index contributed by atoms with van der Waals surface area (Å²) >= 11 is 0. The van der Waals surface area contributed by atoms with Crippen molar-refractivity contribution < 1.29 is 5.11 Å². The molecule has 132 valence electrons. The molecular weight excluding hydrogens is 312 g/mol. The van der Waals surface area contributed by atoms with E-state index in [0.717, 1.165) is 42.5 Å². The maximum atomic E-state index is 10.2. The molecule has 5 heteroatoms. The zero-order chi connectivity index (χ0) is 17.6. The lowest BCUT2D eigenvalue weighted by Gasteiger charge is -2.31. The highest BCUT2D eigenvalue weighted by Crippen LogP contribution is 2.29. The van der Waals surface area contributed by atoms with Crippen LogP contribution in [0, 0.1) is 6.92 Å². The minimum atomic E-state index is -0.792. The van der Waals surface area contributed by atoms with Gasteiger partial charge in [0.25, 0.3) is 0 Å². The van der Waals surface area contributed by atoms with Crippen LogP contribution >= 0.6 is 0 Å². The summed E-state index contributed by atoms with van der Waals surface area (Å²) in [7, 11) is 0. The van der Waals surface area contributed by atoms with Gasteiger partial charge >= 0.3 is 0 Å². The van der Waals surface area contributed by atoms with Crippen LogP contribution in [0.1, 0.15) is 49.1 Å². The van der Waals surface area contributed by atoms with Crippen LogP contribution < -0.4 is 10.2 Å².